The van der Waals surface area contributed by atoms with Crippen LogP contribution in [0.25, 0.3) is 0 Å². The maximum atomic E-state index is 12.0. The van der Waals surface area contributed by atoms with Crippen LogP contribution in [0.4, 0.5) is 32.3 Å². The standard InChI is InChI=1S/C20H16Cl2N4O2.2C16H36N.2H3O4P/c21-13-1-5-15(6-2-13)23-19(27)25-17-9-11-18(12-10-17)26-20(28)24-16-7-3-14(22)4-8-16;2*1-5-9-13-17(14-10-6-2,15-11-7-3)16-12-8-4;2*1-5(2,3)4/h1-12H,(H2,23,25,27)(H2,24,26,28);2*5-16H2,1-4H3;2*(H3,1,2,3,4)/q;2*+1;;/p-2. The molecule has 0 atom stereocenters. The summed E-state index contributed by atoms with van der Waals surface area (Å²) >= 11 is 11.6. The van der Waals surface area contributed by atoms with E-state index in [0.717, 1.165) is 0 Å². The van der Waals surface area contributed by atoms with Crippen LogP contribution >= 0.6 is 38.8 Å². The highest BCUT2D eigenvalue weighted by Crippen LogP contribution is 2.21. The van der Waals surface area contributed by atoms with Crippen molar-refractivity contribution in [3.05, 3.63) is 82.8 Å². The van der Waals surface area contributed by atoms with Crippen LogP contribution in [0.3, 0.4) is 0 Å². The van der Waals surface area contributed by atoms with Gasteiger partial charge < -0.3 is 59.6 Å². The molecular formula is C52H92Cl2N6O10P2. The first-order valence-corrected chi connectivity index (χ1v) is 29.8. The second-order valence-corrected chi connectivity index (χ2v) is 20.9. The Morgan fingerprint density at radius 3 is 0.667 bits per heavy atom. The highest BCUT2D eigenvalue weighted by molar-refractivity contribution is 7.43. The number of carbonyl (C=O) groups is 2. The SMILES string of the molecule is CCCC[N+](CCCC)(CCCC)CCCC.CCCC[N+](CCCC)(CCCC)CCCC.O=C(Nc1ccc(Cl)cc1)Nc1ccc(NC(=O)Nc2ccc(Cl)cc2)cc1.O=P([O-])(O)O.O=P([O-])(O)O. The molecule has 0 aromatic heterocycles. The van der Waals surface area contributed by atoms with Crippen molar-refractivity contribution < 1.29 is 57.0 Å². The van der Waals surface area contributed by atoms with Gasteiger partial charge in [-0.25, -0.2) is 9.59 Å². The predicted molar refractivity (Wildman–Crippen MR) is 297 cm³/mol. The van der Waals surface area contributed by atoms with E-state index in [9.17, 15) is 9.59 Å². The lowest BCUT2D eigenvalue weighted by atomic mass is 10.1. The van der Waals surface area contributed by atoms with E-state index in [2.05, 4.69) is 76.7 Å². The van der Waals surface area contributed by atoms with E-state index in [1.165, 1.54) is 164 Å². The molecule has 0 aliphatic carbocycles. The number of carbonyl (C=O) groups excluding carboxylic acids is 2. The molecule has 16 nitrogen and oxygen atoms in total. The van der Waals surface area contributed by atoms with Crippen molar-refractivity contribution in [1.82, 2.24) is 0 Å². The number of rotatable bonds is 28. The Morgan fingerprint density at radius 2 is 0.528 bits per heavy atom. The second kappa shape index (κ2) is 42.2. The molecule has 3 aromatic carbocycles. The number of hydrogen-bond acceptors (Lipinski definition) is 6. The minimum Gasteiger partial charge on any atom is -0.756 e. The third kappa shape index (κ3) is 42.3. The van der Waals surface area contributed by atoms with Gasteiger partial charge in [-0.1, -0.05) is 130 Å². The fourth-order valence-corrected chi connectivity index (χ4v) is 7.83. The van der Waals surface area contributed by atoms with E-state index in [4.69, 9.17) is 61.7 Å². The molecule has 3 rings (SSSR count). The first-order valence-electron chi connectivity index (χ1n) is 26.0. The Hall–Kier alpha value is -3.08. The summed E-state index contributed by atoms with van der Waals surface area (Å²) < 4.78 is 20.4. The number of nitrogens with zero attached hydrogens (tertiary/aromatic N) is 2. The highest BCUT2D eigenvalue weighted by atomic mass is 35.5. The number of benzene rings is 3. The van der Waals surface area contributed by atoms with Crippen LogP contribution < -0.4 is 31.1 Å². The van der Waals surface area contributed by atoms with Crippen molar-refractivity contribution in [1.29, 1.82) is 0 Å². The van der Waals surface area contributed by atoms with Gasteiger partial charge >= 0.3 is 12.1 Å². The number of quaternary nitrogens is 2. The van der Waals surface area contributed by atoms with Gasteiger partial charge in [0.1, 0.15) is 0 Å². The third-order valence-electron chi connectivity index (χ3n) is 11.5. The van der Waals surface area contributed by atoms with Crippen LogP contribution in [-0.4, -0.2) is 93.0 Å². The molecule has 414 valence electrons. The van der Waals surface area contributed by atoms with E-state index in [0.29, 0.717) is 32.8 Å². The van der Waals surface area contributed by atoms with Crippen LogP contribution in [0.2, 0.25) is 10.0 Å². The van der Waals surface area contributed by atoms with Gasteiger partial charge in [-0.3, -0.25) is 9.13 Å². The van der Waals surface area contributed by atoms with E-state index in [1.54, 1.807) is 72.8 Å². The quantitative estimate of drug-likeness (QED) is 0.0252. The molecule has 0 spiro atoms. The van der Waals surface area contributed by atoms with Gasteiger partial charge in [0.15, 0.2) is 0 Å². The maximum absolute atomic E-state index is 12.0. The van der Waals surface area contributed by atoms with E-state index >= 15 is 0 Å². The van der Waals surface area contributed by atoms with Crippen LogP contribution in [0.15, 0.2) is 72.8 Å². The number of halogens is 2. The van der Waals surface area contributed by atoms with Gasteiger partial charge in [-0.2, -0.15) is 0 Å². The minimum atomic E-state index is -4.89. The highest BCUT2D eigenvalue weighted by Gasteiger charge is 2.26. The van der Waals surface area contributed by atoms with Crippen molar-refractivity contribution in [3.8, 4) is 0 Å². The molecule has 0 aliphatic heterocycles. The molecule has 0 saturated carbocycles. The van der Waals surface area contributed by atoms with Gasteiger partial charge in [0, 0.05) is 32.8 Å². The molecule has 3 aromatic rings. The van der Waals surface area contributed by atoms with Gasteiger partial charge in [0.05, 0.1) is 52.4 Å². The van der Waals surface area contributed by atoms with Crippen molar-refractivity contribution in [3.63, 3.8) is 0 Å². The van der Waals surface area contributed by atoms with Gasteiger partial charge in [0.25, 0.3) is 15.6 Å². The predicted octanol–water partition coefficient (Wildman–Crippen LogP) is 13.2. The molecule has 0 bridgehead atoms. The Labute approximate surface area is 443 Å². The minimum absolute atomic E-state index is 0.386. The summed E-state index contributed by atoms with van der Waals surface area (Å²) in [7, 11) is -9.78. The summed E-state index contributed by atoms with van der Waals surface area (Å²) in [5, 5.41) is 12.0. The molecule has 0 fully saturated rings. The molecular weight excluding hydrogens is 1000 g/mol. The lowest BCUT2D eigenvalue weighted by Gasteiger charge is -2.39. The average molecular weight is 1090 g/mol. The van der Waals surface area contributed by atoms with Gasteiger partial charge in [0.2, 0.25) is 0 Å². The van der Waals surface area contributed by atoms with Gasteiger partial charge in [-0.15, -0.1) is 0 Å². The van der Waals surface area contributed by atoms with E-state index in [-0.39, 0.29) is 12.1 Å². The van der Waals surface area contributed by atoms with Crippen molar-refractivity contribution >= 4 is 73.7 Å². The molecule has 8 N–H and O–H groups in total. The molecule has 72 heavy (non-hydrogen) atoms. The second-order valence-electron chi connectivity index (χ2n) is 18.0. The van der Waals surface area contributed by atoms with Crippen molar-refractivity contribution in [2.75, 3.05) is 73.6 Å². The van der Waals surface area contributed by atoms with E-state index < -0.39 is 15.6 Å². The molecule has 4 amide bonds. The molecule has 0 saturated heterocycles. The van der Waals surface area contributed by atoms with E-state index in [1.807, 2.05) is 0 Å². The fourth-order valence-electron chi connectivity index (χ4n) is 7.58. The zero-order chi connectivity index (χ0) is 54.9. The zero-order valence-electron chi connectivity index (χ0n) is 44.7. The maximum Gasteiger partial charge on any atom is 0.323 e. The Morgan fingerprint density at radius 1 is 0.389 bits per heavy atom. The third-order valence-corrected chi connectivity index (χ3v) is 12.0. The summed E-state index contributed by atoms with van der Waals surface area (Å²) in [5.74, 6) is 0. The summed E-state index contributed by atoms with van der Waals surface area (Å²) in [6.45, 7) is 30.0. The number of nitrogens with one attached hydrogen (secondary N) is 4. The van der Waals surface area contributed by atoms with Crippen LogP contribution in [0, 0.1) is 0 Å². The fraction of sp³-hybridized carbons (Fsp3) is 0.615. The van der Waals surface area contributed by atoms with Gasteiger partial charge in [-0.05, 0) is 124 Å². The van der Waals surface area contributed by atoms with Crippen LogP contribution in [0.1, 0.15) is 158 Å². The number of hydrogen-bond donors (Lipinski definition) is 8. The van der Waals surface area contributed by atoms with Crippen LogP contribution in [0.5, 0.6) is 0 Å². The average Bonchev–Trinajstić information content (AvgIpc) is 3.32. The molecule has 0 radical (unpaired) electrons. The summed E-state index contributed by atoms with van der Waals surface area (Å²) in [4.78, 5) is 69.9. The summed E-state index contributed by atoms with van der Waals surface area (Å²) in [6, 6.07) is 19.5. The first-order chi connectivity index (χ1) is 34.0. The number of amides is 4. The van der Waals surface area contributed by atoms with Crippen molar-refractivity contribution in [2.45, 2.75) is 158 Å². The smallest absolute Gasteiger partial charge is 0.323 e. The molecule has 20 heteroatoms. The van der Waals surface area contributed by atoms with Crippen molar-refractivity contribution in [2.24, 2.45) is 0 Å². The Balaban J connectivity index is 0. The molecule has 0 heterocycles. The van der Waals surface area contributed by atoms with Crippen LogP contribution in [-0.2, 0) is 9.13 Å². The molecule has 0 aliphatic rings. The largest absolute Gasteiger partial charge is 0.756 e. The number of urea groups is 2. The zero-order valence-corrected chi connectivity index (χ0v) is 48.0. The number of phosphoric acid groups is 2. The first kappa shape index (κ1) is 71.0. The number of anilines is 4. The Kier molecular flexibility index (Phi) is 41.6. The topological polar surface area (TPSA) is 243 Å². The summed E-state index contributed by atoms with van der Waals surface area (Å²) in [5.41, 5.74) is 2.41. The lowest BCUT2D eigenvalue weighted by Crippen LogP contribution is -2.50. The lowest BCUT2D eigenvalue weighted by molar-refractivity contribution is -0.929. The molecule has 0 unspecified atom stereocenters. The summed E-state index contributed by atoms with van der Waals surface area (Å²) in [6.07, 6.45) is 22.1. The Bertz CT molecular complexity index is 1680. The normalized spacial score (nSPS) is 11.2. The monoisotopic (exact) mass is 1090 g/mol. The number of unbranched alkanes of at least 4 members (excludes halogenated alkanes) is 8.